The van der Waals surface area contributed by atoms with Crippen molar-refractivity contribution >= 4 is 16.7 Å². The van der Waals surface area contributed by atoms with E-state index >= 15 is 0 Å². The summed E-state index contributed by atoms with van der Waals surface area (Å²) in [5, 5.41) is 29.8. The van der Waals surface area contributed by atoms with Gasteiger partial charge >= 0.3 is 0 Å². The van der Waals surface area contributed by atoms with E-state index in [-0.39, 0.29) is 0 Å². The summed E-state index contributed by atoms with van der Waals surface area (Å²) in [6, 6.07) is 8.54. The van der Waals surface area contributed by atoms with E-state index in [1.807, 2.05) is 24.4 Å². The number of H-pyrrole nitrogens is 1. The average molecular weight is 500 g/mol. The minimum atomic E-state index is 0.504. The minimum Gasteiger partial charge on any atom is -0.497 e. The number of nitrogens with one attached hydrogen (secondary N) is 2. The highest BCUT2D eigenvalue weighted by molar-refractivity contribution is 5.94. The Kier molecular flexibility index (Phi) is 5.21. The molecule has 2 N–H and O–H groups in total. The van der Waals surface area contributed by atoms with Gasteiger partial charge < -0.3 is 15.0 Å². The molecule has 0 spiro atoms. The summed E-state index contributed by atoms with van der Waals surface area (Å²) in [6.07, 6.45) is 10.4. The van der Waals surface area contributed by atoms with E-state index in [2.05, 4.69) is 53.9 Å². The monoisotopic (exact) mass is 499 g/mol. The Morgan fingerprint density at radius 3 is 2.84 bits per heavy atom. The second-order valence-electron chi connectivity index (χ2n) is 11.7. The molecule has 2 bridgehead atoms. The predicted molar refractivity (Wildman–Crippen MR) is 140 cm³/mol. The van der Waals surface area contributed by atoms with Crippen molar-refractivity contribution in [2.45, 2.75) is 51.6 Å². The lowest BCUT2D eigenvalue weighted by atomic mass is 9.36. The maximum atomic E-state index is 5.44. The molecular formula is C27H33N9O. The third kappa shape index (κ3) is 4.13. The van der Waals surface area contributed by atoms with Crippen LogP contribution in [0.3, 0.4) is 0 Å². The lowest BCUT2D eigenvalue weighted by Crippen LogP contribution is -2.65. The molecule has 1 atom stereocenters. The Hall–Kier alpha value is -3.53. The van der Waals surface area contributed by atoms with E-state index < -0.39 is 0 Å². The summed E-state index contributed by atoms with van der Waals surface area (Å²) in [7, 11) is 1.65. The molecule has 1 aromatic carbocycles. The molecule has 10 heteroatoms. The number of ether oxygens (including phenoxy) is 1. The van der Waals surface area contributed by atoms with Crippen LogP contribution in [0.2, 0.25) is 0 Å². The third-order valence-corrected chi connectivity index (χ3v) is 8.53. The molecule has 3 saturated carbocycles. The summed E-state index contributed by atoms with van der Waals surface area (Å²) in [5.41, 5.74) is 4.71. The largest absolute Gasteiger partial charge is 0.497 e. The number of hydrogen-bond acceptors (Lipinski definition) is 8. The zero-order valence-corrected chi connectivity index (χ0v) is 21.4. The summed E-state index contributed by atoms with van der Waals surface area (Å²) in [4.78, 5) is 2.37. The van der Waals surface area contributed by atoms with Crippen molar-refractivity contribution in [3.05, 3.63) is 42.4 Å². The van der Waals surface area contributed by atoms with Crippen LogP contribution in [0.1, 0.15) is 44.7 Å². The van der Waals surface area contributed by atoms with Crippen LogP contribution in [0, 0.1) is 10.8 Å². The first-order chi connectivity index (χ1) is 18.0. The smallest absolute Gasteiger partial charge is 0.151 e. The first-order valence-electron chi connectivity index (χ1n) is 13.2. The van der Waals surface area contributed by atoms with Gasteiger partial charge in [-0.25, -0.2) is 4.68 Å². The number of rotatable bonds is 8. The zero-order valence-electron chi connectivity index (χ0n) is 21.4. The Morgan fingerprint density at radius 2 is 2.05 bits per heavy atom. The second-order valence-corrected chi connectivity index (χ2v) is 11.7. The van der Waals surface area contributed by atoms with Crippen molar-refractivity contribution in [3.63, 3.8) is 0 Å². The van der Waals surface area contributed by atoms with Gasteiger partial charge in [-0.15, -0.1) is 10.2 Å². The number of anilines is 1. The van der Waals surface area contributed by atoms with Crippen LogP contribution >= 0.6 is 0 Å². The van der Waals surface area contributed by atoms with Crippen molar-refractivity contribution in [2.24, 2.45) is 10.8 Å². The number of aromatic amines is 1. The second kappa shape index (κ2) is 8.51. The number of piperidine rings is 1. The summed E-state index contributed by atoms with van der Waals surface area (Å²) < 4.78 is 7.22. The fraction of sp³-hybridized carbons (Fsp3) is 0.519. The van der Waals surface area contributed by atoms with Crippen molar-refractivity contribution in [1.82, 2.24) is 40.7 Å². The predicted octanol–water partition coefficient (Wildman–Crippen LogP) is 3.42. The summed E-state index contributed by atoms with van der Waals surface area (Å²) in [6.45, 7) is 6.14. The molecule has 1 aliphatic heterocycles. The number of fused-ring (bicyclic) bond motifs is 1. The topological polar surface area (TPSA) is 110 Å². The molecule has 4 aliphatic rings. The van der Waals surface area contributed by atoms with Crippen LogP contribution in [0.5, 0.6) is 5.75 Å². The van der Waals surface area contributed by atoms with Gasteiger partial charge in [0.05, 0.1) is 37.3 Å². The standard InChI is InChI=1S/C27H33N9O/c1-26-14-27(15-26,16-26)17-28-18-4-3-7-35(11-18)25-6-5-19(30-33-25)12-36-13-24(32-34-36)21-8-20(37-2)9-23-22(21)10-29-31-23/h5-6,8-10,13,18,28H,3-4,7,11-12,14-17H2,1-2H3,(H,29,31)/t18-,26?,27?/m1/s1. The van der Waals surface area contributed by atoms with Gasteiger partial charge in [0.2, 0.25) is 0 Å². The van der Waals surface area contributed by atoms with Crippen molar-refractivity contribution in [3.8, 4) is 17.0 Å². The van der Waals surface area contributed by atoms with Gasteiger partial charge in [0.1, 0.15) is 11.4 Å². The molecule has 1 saturated heterocycles. The van der Waals surface area contributed by atoms with Crippen molar-refractivity contribution < 1.29 is 4.74 Å². The Balaban J connectivity index is 0.993. The average Bonchev–Trinajstić information content (AvgIpc) is 3.55. The highest BCUT2D eigenvalue weighted by Gasteiger charge is 2.64. The molecule has 4 aromatic rings. The van der Waals surface area contributed by atoms with Crippen LogP contribution < -0.4 is 15.0 Å². The van der Waals surface area contributed by atoms with Crippen molar-refractivity contribution in [2.75, 3.05) is 31.6 Å². The SMILES string of the molecule is COc1cc(-c2cn(Cc3ccc(N4CCC[C@@H](NCC56CC(C)(C5)C6)C4)nn3)nn2)c2cn[nH]c2c1. The highest BCUT2D eigenvalue weighted by Crippen LogP contribution is 2.72. The van der Waals surface area contributed by atoms with Gasteiger partial charge in [-0.05, 0) is 61.1 Å². The zero-order chi connectivity index (χ0) is 25.0. The molecule has 0 radical (unpaired) electrons. The molecule has 10 nitrogen and oxygen atoms in total. The molecule has 3 aromatic heterocycles. The van der Waals surface area contributed by atoms with Crippen LogP contribution in [0.25, 0.3) is 22.2 Å². The van der Waals surface area contributed by atoms with Crippen LogP contribution in [0.15, 0.2) is 36.7 Å². The van der Waals surface area contributed by atoms with E-state index in [0.29, 0.717) is 23.4 Å². The first-order valence-corrected chi connectivity index (χ1v) is 13.2. The number of methoxy groups -OCH3 is 1. The lowest BCUT2D eigenvalue weighted by Gasteiger charge is -2.70. The maximum absolute atomic E-state index is 5.44. The normalized spacial score (nSPS) is 26.6. The Morgan fingerprint density at radius 1 is 1.16 bits per heavy atom. The maximum Gasteiger partial charge on any atom is 0.151 e. The summed E-state index contributed by atoms with van der Waals surface area (Å²) in [5.74, 6) is 1.69. The molecule has 37 heavy (non-hydrogen) atoms. The van der Waals surface area contributed by atoms with Gasteiger partial charge in [-0.3, -0.25) is 5.10 Å². The van der Waals surface area contributed by atoms with E-state index in [1.54, 1.807) is 18.0 Å². The quantitative estimate of drug-likeness (QED) is 0.380. The van der Waals surface area contributed by atoms with Gasteiger partial charge in [0, 0.05) is 42.7 Å². The molecule has 0 unspecified atom stereocenters. The number of aromatic nitrogens is 7. The minimum absolute atomic E-state index is 0.504. The number of nitrogens with zero attached hydrogens (tertiary/aromatic N) is 7. The molecule has 8 rings (SSSR count). The molecule has 0 amide bonds. The molecule has 4 fully saturated rings. The molecule has 192 valence electrons. The van der Waals surface area contributed by atoms with Crippen molar-refractivity contribution in [1.29, 1.82) is 0 Å². The van der Waals surface area contributed by atoms with Gasteiger partial charge in [0.15, 0.2) is 5.82 Å². The highest BCUT2D eigenvalue weighted by atomic mass is 16.5. The third-order valence-electron chi connectivity index (χ3n) is 8.53. The summed E-state index contributed by atoms with van der Waals surface area (Å²) >= 11 is 0. The van der Waals surface area contributed by atoms with Gasteiger partial charge in [0.25, 0.3) is 0 Å². The number of benzene rings is 1. The van der Waals surface area contributed by atoms with Crippen LogP contribution in [-0.2, 0) is 6.54 Å². The van der Waals surface area contributed by atoms with E-state index in [9.17, 15) is 0 Å². The Labute approximate surface area is 215 Å². The fourth-order valence-corrected chi connectivity index (χ4v) is 7.09. The molecule has 4 heterocycles. The first kappa shape index (κ1) is 22.7. The van der Waals surface area contributed by atoms with E-state index in [4.69, 9.17) is 4.74 Å². The van der Waals surface area contributed by atoms with Crippen LogP contribution in [0.4, 0.5) is 5.82 Å². The van der Waals surface area contributed by atoms with Crippen LogP contribution in [-0.4, -0.2) is 68.2 Å². The molecular weight excluding hydrogens is 466 g/mol. The fourth-order valence-electron chi connectivity index (χ4n) is 7.09. The van der Waals surface area contributed by atoms with Gasteiger partial charge in [-0.2, -0.15) is 10.2 Å². The Bertz CT molecular complexity index is 1410. The lowest BCUT2D eigenvalue weighted by molar-refractivity contribution is -0.187. The van der Waals surface area contributed by atoms with E-state index in [1.165, 1.54) is 38.6 Å². The van der Waals surface area contributed by atoms with E-state index in [0.717, 1.165) is 52.5 Å². The number of hydrogen-bond donors (Lipinski definition) is 2. The molecule has 3 aliphatic carbocycles. The van der Waals surface area contributed by atoms with Gasteiger partial charge in [-0.1, -0.05) is 12.1 Å².